The molecule has 6 fully saturated rings. The minimum absolute atomic E-state index is 0.0961. The zero-order valence-electron chi connectivity index (χ0n) is 54.2. The Hall–Kier alpha value is -10.6. The predicted octanol–water partition coefficient (Wildman–Crippen LogP) is 7.74. The first-order chi connectivity index (χ1) is 46.7. The second kappa shape index (κ2) is 31.6. The number of anilines is 5. The number of carbonyl (C=O) groups excluding carboxylic acids is 2. The second-order valence-electron chi connectivity index (χ2n) is 24.0. The quantitative estimate of drug-likeness (QED) is 0.0922. The molecular weight excluding hydrogens is 1220 g/mol. The Morgan fingerprint density at radius 1 is 0.479 bits per heavy atom. The molecule has 0 unspecified atom stereocenters. The van der Waals surface area contributed by atoms with Gasteiger partial charge in [-0.3, -0.25) is 44.3 Å². The maximum atomic E-state index is 13.4. The average molecular weight is 1300 g/mol. The lowest BCUT2D eigenvalue weighted by Gasteiger charge is -2.42. The number of rotatable bonds is 9. The first-order valence-electron chi connectivity index (χ1n) is 31.9. The molecule has 6 saturated heterocycles. The Morgan fingerprint density at radius 2 is 1.00 bits per heavy atom. The lowest BCUT2D eigenvalue weighted by atomic mass is 10.00. The summed E-state index contributed by atoms with van der Waals surface area (Å²) in [5.41, 5.74) is 43.8. The summed E-state index contributed by atoms with van der Waals surface area (Å²) in [4.78, 5) is 60.4. The number of nitrogens with two attached hydrogens (primary N) is 5. The van der Waals surface area contributed by atoms with E-state index in [9.17, 15) is 14.0 Å². The highest BCUT2D eigenvalue weighted by Gasteiger charge is 2.33. The number of hydrogen-bond acceptors (Lipinski definition) is 20. The van der Waals surface area contributed by atoms with Gasteiger partial charge in [0.2, 0.25) is 0 Å². The Bertz CT molecular complexity index is 4170. The summed E-state index contributed by atoms with van der Waals surface area (Å²) in [7, 11) is 5.74. The van der Waals surface area contributed by atoms with Crippen LogP contribution in [0.5, 0.6) is 0 Å². The van der Waals surface area contributed by atoms with Gasteiger partial charge in [-0.25, -0.2) is 14.1 Å². The number of nitrogen functional groups attached to an aromatic ring is 5. The normalized spacial score (nSPS) is 17.7. The number of ether oxygens (including phenoxy) is 2. The average Bonchev–Trinajstić information content (AvgIpc) is 1.59. The molecule has 24 nitrogen and oxygen atoms in total. The summed E-state index contributed by atoms with van der Waals surface area (Å²) in [6.07, 6.45) is 23.1. The van der Waals surface area contributed by atoms with Gasteiger partial charge in [-0.2, -0.15) is 0 Å². The van der Waals surface area contributed by atoms with Crippen molar-refractivity contribution in [2.24, 2.45) is 14.1 Å². The molecule has 10 aromatic rings. The van der Waals surface area contributed by atoms with E-state index in [1.54, 1.807) is 84.6 Å². The van der Waals surface area contributed by atoms with E-state index in [1.165, 1.54) is 11.8 Å². The zero-order valence-corrected chi connectivity index (χ0v) is 54.2. The molecule has 496 valence electrons. The van der Waals surface area contributed by atoms with Crippen molar-refractivity contribution in [1.82, 2.24) is 74.0 Å². The summed E-state index contributed by atoms with van der Waals surface area (Å²) < 4.78 is 27.6. The number of amides is 2. The third-order valence-corrected chi connectivity index (χ3v) is 17.9. The fourth-order valence-electron chi connectivity index (χ4n) is 12.2. The molecule has 13 heterocycles. The molecule has 25 heteroatoms. The van der Waals surface area contributed by atoms with Crippen molar-refractivity contribution >= 4 is 40.3 Å². The number of likely N-dealkylation sites (N-methyl/N-ethyl adjacent to an activating group) is 1. The maximum Gasteiger partial charge on any atom is 0.254 e. The molecule has 6 aliphatic rings. The first kappa shape index (κ1) is 66.9. The van der Waals surface area contributed by atoms with Crippen LogP contribution in [0, 0.1) is 5.82 Å². The van der Waals surface area contributed by atoms with Gasteiger partial charge in [-0.1, -0.05) is 53.7 Å². The van der Waals surface area contributed by atoms with Crippen molar-refractivity contribution < 1.29 is 23.5 Å². The number of hydrogen-bond donors (Lipinski definition) is 5. The van der Waals surface area contributed by atoms with Crippen molar-refractivity contribution in [2.45, 2.75) is 31.0 Å². The van der Waals surface area contributed by atoms with Gasteiger partial charge >= 0.3 is 0 Å². The van der Waals surface area contributed by atoms with Gasteiger partial charge in [-0.15, -0.1) is 5.10 Å². The summed E-state index contributed by atoms with van der Waals surface area (Å²) in [6, 6.07) is 32.8. The molecule has 0 aliphatic carbocycles. The number of piperidine rings is 1. The van der Waals surface area contributed by atoms with E-state index in [-0.39, 0.29) is 11.8 Å². The minimum Gasteiger partial charge on any atom is -0.397 e. The minimum atomic E-state index is -0.436. The van der Waals surface area contributed by atoms with Gasteiger partial charge in [-0.05, 0) is 90.7 Å². The summed E-state index contributed by atoms with van der Waals surface area (Å²) in [6.45, 7) is 11.7. The van der Waals surface area contributed by atoms with E-state index < -0.39 is 5.82 Å². The zero-order chi connectivity index (χ0) is 67.1. The number of carbonyl (C=O) groups is 2. The monoisotopic (exact) mass is 1300 g/mol. The number of fused-ring (bicyclic) bond motifs is 4. The van der Waals surface area contributed by atoms with Gasteiger partial charge < -0.3 is 57.4 Å². The molecule has 0 spiro atoms. The summed E-state index contributed by atoms with van der Waals surface area (Å²) in [5, 5.41) is 7.60. The van der Waals surface area contributed by atoms with E-state index in [0.717, 1.165) is 160 Å². The molecule has 0 saturated carbocycles. The lowest BCUT2D eigenvalue weighted by Crippen LogP contribution is -2.57. The number of morpholine rings is 1. The molecule has 10 N–H and O–H groups in total. The third-order valence-electron chi connectivity index (χ3n) is 17.9. The van der Waals surface area contributed by atoms with Crippen LogP contribution in [0.3, 0.4) is 0 Å². The van der Waals surface area contributed by atoms with Crippen LogP contribution in [-0.4, -0.2) is 190 Å². The molecule has 6 aliphatic heterocycles. The van der Waals surface area contributed by atoms with Crippen molar-refractivity contribution in [2.75, 3.05) is 121 Å². The van der Waals surface area contributed by atoms with Crippen LogP contribution < -0.4 is 28.7 Å². The van der Waals surface area contributed by atoms with E-state index in [0.29, 0.717) is 57.8 Å². The van der Waals surface area contributed by atoms with E-state index in [2.05, 4.69) is 91.1 Å². The van der Waals surface area contributed by atoms with Crippen molar-refractivity contribution in [3.63, 3.8) is 0 Å². The molecular formula is C71H81FN20O4. The standard InChI is InChI=1S/C19H22N4O2.C19H22N4O.C16H19N3O.C9H9FN4.C8H9N5/c20-18-11-21-6-5-17(18)14-1-3-15(4-2-14)19(24)23-9-7-22(8-10-23)16-12-25-13-16;20-18-13-21-8-5-17(18)14-1-3-15(4-2-14)19(24)23-12-11-22-9-6-16(23)7-10-22;1-19-8-9-20-11-16(19)13-4-2-12(3-5-13)14-6-7-18-10-15(14)17;1-14-5-13-4-8(14)9-6(10)2-12-3-7(9)11;1-13-8(5-11-12-13)6-2-3-10-4-7(6)9/h1-6,11,16H,7-10,12-13,20H2;1-5,8,13,16H,6-7,9-12,20H2;2-7,10,16H,8-9,11,17H2,1H3;2-5H,11H2,1H3;2-5H,9H2,1H3/t;;16-;;/m..1../s1. The van der Waals surface area contributed by atoms with Crippen molar-refractivity contribution in [3.8, 4) is 55.9 Å². The van der Waals surface area contributed by atoms with Gasteiger partial charge in [0.1, 0.15) is 0 Å². The molecule has 2 amide bonds. The van der Waals surface area contributed by atoms with Crippen LogP contribution >= 0.6 is 0 Å². The molecule has 1 atom stereocenters. The highest BCUT2D eigenvalue weighted by Crippen LogP contribution is 2.32. The Balaban J connectivity index is 0.000000125. The third kappa shape index (κ3) is 16.1. The van der Waals surface area contributed by atoms with Gasteiger partial charge in [0.05, 0.1) is 140 Å². The summed E-state index contributed by atoms with van der Waals surface area (Å²) >= 11 is 0. The van der Waals surface area contributed by atoms with Gasteiger partial charge in [0.25, 0.3) is 11.8 Å². The van der Waals surface area contributed by atoms with Crippen LogP contribution in [-0.2, 0) is 23.6 Å². The molecule has 7 aromatic heterocycles. The number of aromatic nitrogens is 10. The predicted molar refractivity (Wildman–Crippen MR) is 370 cm³/mol. The number of halogens is 1. The maximum absolute atomic E-state index is 13.4. The van der Waals surface area contributed by atoms with Gasteiger partial charge in [0, 0.05) is 137 Å². The highest BCUT2D eigenvalue weighted by molar-refractivity contribution is 5.96. The lowest BCUT2D eigenvalue weighted by molar-refractivity contribution is -0.0746. The van der Waals surface area contributed by atoms with Crippen LogP contribution in [0.25, 0.3) is 55.9 Å². The fourth-order valence-corrected chi connectivity index (χ4v) is 12.2. The molecule has 2 bridgehead atoms. The number of nitrogens with zero attached hydrogens (tertiary/aromatic N) is 15. The first-order valence-corrected chi connectivity index (χ1v) is 31.9. The molecule has 96 heavy (non-hydrogen) atoms. The molecule has 16 rings (SSSR count). The second-order valence-corrected chi connectivity index (χ2v) is 24.0. The van der Waals surface area contributed by atoms with E-state index in [1.807, 2.05) is 84.7 Å². The largest absolute Gasteiger partial charge is 0.397 e. The number of benzene rings is 3. The number of imidazole rings is 1. The highest BCUT2D eigenvalue weighted by atomic mass is 19.1. The topological polar surface area (TPSA) is 312 Å². The Kier molecular flexibility index (Phi) is 22.0. The Morgan fingerprint density at radius 3 is 1.47 bits per heavy atom. The van der Waals surface area contributed by atoms with E-state index in [4.69, 9.17) is 38.1 Å². The SMILES string of the molecule is CN1CCOC[C@@H]1c1ccc(-c2ccncc2N)cc1.Cn1cncc1-c1c(N)cncc1F.Cn1nncc1-c1ccncc1N.Nc1cnccc1-c1ccc(C(=O)N2CCN(C3COC3)CC2)cc1.Nc1cnccc1-c1ccc(C(=O)N2CCN3CCC2CC3)cc1. The van der Waals surface area contributed by atoms with Crippen LogP contribution in [0.15, 0.2) is 178 Å². The number of piperazine rings is 1. The molecule has 0 radical (unpaired) electrons. The van der Waals surface area contributed by atoms with Crippen LogP contribution in [0.1, 0.15) is 45.2 Å². The van der Waals surface area contributed by atoms with E-state index >= 15 is 0 Å². The molecule has 3 aromatic carbocycles. The van der Waals surface area contributed by atoms with Crippen molar-refractivity contribution in [1.29, 1.82) is 0 Å². The number of pyridine rings is 5. The smallest absolute Gasteiger partial charge is 0.254 e. The van der Waals surface area contributed by atoms with Crippen LogP contribution in [0.4, 0.5) is 32.8 Å². The fraction of sp³-hybridized carbons (Fsp3) is 0.296. The van der Waals surface area contributed by atoms with Crippen molar-refractivity contribution in [3.05, 3.63) is 200 Å². The summed E-state index contributed by atoms with van der Waals surface area (Å²) in [5.74, 6) is -0.189. The van der Waals surface area contributed by atoms with Gasteiger partial charge in [0.15, 0.2) is 5.82 Å². The number of aryl methyl sites for hydroxylation is 2. The van der Waals surface area contributed by atoms with Crippen LogP contribution in [0.2, 0.25) is 0 Å². The Labute approximate surface area is 557 Å².